The molecule has 1 atom stereocenters. The molecule has 2 aromatic rings. The van der Waals surface area contributed by atoms with Crippen LogP contribution in [0.1, 0.15) is 19.3 Å². The number of nitrogens with one attached hydrogen (secondary N) is 1. The van der Waals surface area contributed by atoms with E-state index >= 15 is 0 Å². The van der Waals surface area contributed by atoms with Crippen molar-refractivity contribution in [3.05, 3.63) is 55.1 Å². The van der Waals surface area contributed by atoms with Crippen molar-refractivity contribution in [2.75, 3.05) is 13.1 Å². The third-order valence-corrected chi connectivity index (χ3v) is 7.87. The fourth-order valence-electron chi connectivity index (χ4n) is 3.05. The first-order valence-electron chi connectivity index (χ1n) is 8.59. The Hall–Kier alpha value is -1.96. The molecule has 0 radical (unpaired) electrons. The van der Waals surface area contributed by atoms with Crippen LogP contribution in [0, 0.1) is 0 Å². The fraction of sp³-hybridized carbons (Fsp3) is 0.316. The van der Waals surface area contributed by atoms with Gasteiger partial charge in [-0.15, -0.1) is 11.3 Å². The molecular formula is C19H22N2O3S2. The van der Waals surface area contributed by atoms with Gasteiger partial charge in [0.15, 0.2) is 0 Å². The van der Waals surface area contributed by atoms with Gasteiger partial charge in [-0.05, 0) is 36.6 Å². The quantitative estimate of drug-likeness (QED) is 0.797. The van der Waals surface area contributed by atoms with Crippen LogP contribution in [0.4, 0.5) is 0 Å². The molecule has 0 aliphatic carbocycles. The van der Waals surface area contributed by atoms with Crippen molar-refractivity contribution in [3.8, 4) is 10.4 Å². The average molecular weight is 391 g/mol. The van der Waals surface area contributed by atoms with Crippen molar-refractivity contribution in [3.63, 3.8) is 0 Å². The van der Waals surface area contributed by atoms with E-state index in [1.165, 1.54) is 21.7 Å². The summed E-state index contributed by atoms with van der Waals surface area (Å²) in [5.74, 6) is -0.267. The second-order valence-corrected chi connectivity index (χ2v) is 9.50. The van der Waals surface area contributed by atoms with Crippen molar-refractivity contribution in [1.29, 1.82) is 0 Å². The smallest absolute Gasteiger partial charge is 0.252 e. The maximum Gasteiger partial charge on any atom is 0.252 e. The molecular weight excluding hydrogens is 368 g/mol. The molecule has 138 valence electrons. The van der Waals surface area contributed by atoms with E-state index in [9.17, 15) is 13.2 Å². The number of rotatable bonds is 5. The van der Waals surface area contributed by atoms with E-state index in [-0.39, 0.29) is 11.9 Å². The van der Waals surface area contributed by atoms with Crippen LogP contribution in [0.25, 0.3) is 10.4 Å². The van der Waals surface area contributed by atoms with E-state index in [4.69, 9.17) is 0 Å². The molecule has 1 N–H and O–H groups in total. The summed E-state index contributed by atoms with van der Waals surface area (Å²) in [5, 5.41) is 2.83. The predicted octanol–water partition coefficient (Wildman–Crippen LogP) is 3.26. The molecule has 7 heteroatoms. The standard InChI is InChI=1S/C19H22N2O3S2/c1-2-18(22)20-16-10-6-7-13-21(14-16)26(23,24)19-12-11-17(25-19)15-8-4-3-5-9-15/h2-5,8-9,11-12,16H,1,6-7,10,13-14H2,(H,20,22). The number of hydrogen-bond donors (Lipinski definition) is 1. The summed E-state index contributed by atoms with van der Waals surface area (Å²) in [4.78, 5) is 12.5. The number of hydrogen-bond acceptors (Lipinski definition) is 4. The summed E-state index contributed by atoms with van der Waals surface area (Å²) >= 11 is 1.28. The highest BCUT2D eigenvalue weighted by molar-refractivity contribution is 7.91. The van der Waals surface area contributed by atoms with Crippen LogP contribution in [0.3, 0.4) is 0 Å². The van der Waals surface area contributed by atoms with E-state index in [1.54, 1.807) is 6.07 Å². The van der Waals surface area contributed by atoms with Gasteiger partial charge >= 0.3 is 0 Å². The van der Waals surface area contributed by atoms with Crippen molar-refractivity contribution in [2.24, 2.45) is 0 Å². The molecule has 1 amide bonds. The summed E-state index contributed by atoms with van der Waals surface area (Å²) in [5.41, 5.74) is 1.01. The van der Waals surface area contributed by atoms with Crippen LogP contribution in [-0.2, 0) is 14.8 Å². The monoisotopic (exact) mass is 390 g/mol. The minimum atomic E-state index is -3.57. The van der Waals surface area contributed by atoms with Crippen LogP contribution < -0.4 is 5.32 Å². The zero-order chi connectivity index (χ0) is 18.6. The number of thiophene rings is 1. The fourth-order valence-corrected chi connectivity index (χ4v) is 6.04. The van der Waals surface area contributed by atoms with E-state index in [0.717, 1.165) is 29.7 Å². The molecule has 0 bridgehead atoms. The van der Waals surface area contributed by atoms with Gasteiger partial charge in [-0.2, -0.15) is 4.31 Å². The number of nitrogens with zero attached hydrogens (tertiary/aromatic N) is 1. The zero-order valence-corrected chi connectivity index (χ0v) is 16.1. The summed E-state index contributed by atoms with van der Waals surface area (Å²) in [6, 6.07) is 13.1. The Morgan fingerprint density at radius 2 is 1.96 bits per heavy atom. The first kappa shape index (κ1) is 18.8. The molecule has 1 aliphatic rings. The van der Waals surface area contributed by atoms with Gasteiger partial charge in [0, 0.05) is 24.0 Å². The maximum atomic E-state index is 13.1. The van der Waals surface area contributed by atoms with E-state index in [0.29, 0.717) is 17.3 Å². The molecule has 1 aromatic carbocycles. The lowest BCUT2D eigenvalue weighted by atomic mass is 10.1. The van der Waals surface area contributed by atoms with Crippen LogP contribution in [-0.4, -0.2) is 37.8 Å². The molecule has 1 saturated heterocycles. The van der Waals surface area contributed by atoms with Crippen molar-refractivity contribution < 1.29 is 13.2 Å². The topological polar surface area (TPSA) is 66.5 Å². The molecule has 1 unspecified atom stereocenters. The Bertz CT molecular complexity index is 875. The molecule has 26 heavy (non-hydrogen) atoms. The normalized spacial score (nSPS) is 18.8. The minimum Gasteiger partial charge on any atom is -0.349 e. The second-order valence-electron chi connectivity index (χ2n) is 6.25. The maximum absolute atomic E-state index is 13.1. The molecule has 1 fully saturated rings. The number of benzene rings is 1. The SMILES string of the molecule is C=CC(=O)NC1CCCCN(S(=O)(=O)c2ccc(-c3ccccc3)s2)C1. The highest BCUT2D eigenvalue weighted by Gasteiger charge is 2.30. The number of carbonyl (C=O) groups is 1. The van der Waals surface area contributed by atoms with Gasteiger partial charge in [0.2, 0.25) is 5.91 Å². The lowest BCUT2D eigenvalue weighted by Crippen LogP contribution is -2.44. The van der Waals surface area contributed by atoms with E-state index in [1.807, 2.05) is 36.4 Å². The van der Waals surface area contributed by atoms with E-state index < -0.39 is 10.0 Å². The van der Waals surface area contributed by atoms with Gasteiger partial charge in [-0.3, -0.25) is 4.79 Å². The average Bonchev–Trinajstić information content (AvgIpc) is 3.04. The largest absolute Gasteiger partial charge is 0.349 e. The van der Waals surface area contributed by atoms with Gasteiger partial charge in [-0.25, -0.2) is 8.42 Å². The summed E-state index contributed by atoms with van der Waals surface area (Å²) < 4.78 is 28.0. The van der Waals surface area contributed by atoms with Crippen LogP contribution in [0.2, 0.25) is 0 Å². The molecule has 1 aromatic heterocycles. The van der Waals surface area contributed by atoms with Crippen molar-refractivity contribution in [1.82, 2.24) is 9.62 Å². The van der Waals surface area contributed by atoms with Gasteiger partial charge in [0.05, 0.1) is 0 Å². The van der Waals surface area contributed by atoms with Crippen molar-refractivity contribution in [2.45, 2.75) is 29.5 Å². The van der Waals surface area contributed by atoms with Gasteiger partial charge in [0.25, 0.3) is 10.0 Å². The highest BCUT2D eigenvalue weighted by atomic mass is 32.2. The summed E-state index contributed by atoms with van der Waals surface area (Å²) in [6.07, 6.45) is 3.66. The Morgan fingerprint density at radius 3 is 2.69 bits per heavy atom. The molecule has 1 aliphatic heterocycles. The van der Waals surface area contributed by atoms with Gasteiger partial charge in [0.1, 0.15) is 4.21 Å². The Kier molecular flexibility index (Phi) is 5.90. The number of sulfonamides is 1. The summed E-state index contributed by atoms with van der Waals surface area (Å²) in [7, 11) is -3.57. The molecule has 3 rings (SSSR count). The lowest BCUT2D eigenvalue weighted by molar-refractivity contribution is -0.117. The number of carbonyl (C=O) groups excluding carboxylic acids is 1. The first-order valence-corrected chi connectivity index (χ1v) is 10.8. The Balaban J connectivity index is 1.81. The summed E-state index contributed by atoms with van der Waals surface area (Å²) in [6.45, 7) is 4.22. The van der Waals surface area contributed by atoms with Crippen LogP contribution in [0.15, 0.2) is 59.3 Å². The third-order valence-electron chi connectivity index (χ3n) is 4.40. The van der Waals surface area contributed by atoms with Crippen molar-refractivity contribution >= 4 is 27.3 Å². The Labute approximate surface area is 158 Å². The van der Waals surface area contributed by atoms with Crippen LogP contribution in [0.5, 0.6) is 0 Å². The van der Waals surface area contributed by atoms with Gasteiger partial charge < -0.3 is 5.32 Å². The molecule has 0 spiro atoms. The lowest BCUT2D eigenvalue weighted by Gasteiger charge is -2.23. The minimum absolute atomic E-state index is 0.189. The second kappa shape index (κ2) is 8.16. The highest BCUT2D eigenvalue weighted by Crippen LogP contribution is 2.32. The molecule has 2 heterocycles. The zero-order valence-electron chi connectivity index (χ0n) is 14.4. The molecule has 5 nitrogen and oxygen atoms in total. The molecule has 0 saturated carbocycles. The van der Waals surface area contributed by atoms with E-state index in [2.05, 4.69) is 11.9 Å². The third kappa shape index (κ3) is 4.23. The number of amides is 1. The Morgan fingerprint density at radius 1 is 1.19 bits per heavy atom. The first-order chi connectivity index (χ1) is 12.5. The predicted molar refractivity (Wildman–Crippen MR) is 104 cm³/mol. The van der Waals surface area contributed by atoms with Crippen LogP contribution >= 0.6 is 11.3 Å². The van der Waals surface area contributed by atoms with Gasteiger partial charge in [-0.1, -0.05) is 43.3 Å².